The standard InChI is InChI=1S/C42H28N2O/c1-42(28-16-6-3-7-17-28)33-22-10-8-18-29(33)39-30(20-12-23-34(39)42)35-26-36(44-41(43-35)27-14-4-2-5-15-27)31-21-13-25-38-40(31)32-19-9-11-24-37(32)45-38/h2-26H,1H3. The first kappa shape index (κ1) is 25.7. The summed E-state index contributed by atoms with van der Waals surface area (Å²) < 4.78 is 6.27. The van der Waals surface area contributed by atoms with Crippen molar-refractivity contribution >= 4 is 21.9 Å². The van der Waals surface area contributed by atoms with Gasteiger partial charge in [-0.05, 0) is 52.9 Å². The van der Waals surface area contributed by atoms with E-state index in [0.29, 0.717) is 5.82 Å². The van der Waals surface area contributed by atoms with Crippen molar-refractivity contribution in [3.63, 3.8) is 0 Å². The predicted octanol–water partition coefficient (Wildman–Crippen LogP) is 10.7. The molecule has 0 amide bonds. The van der Waals surface area contributed by atoms with Crippen LogP contribution in [0.25, 0.3) is 67.0 Å². The number of nitrogens with zero attached hydrogens (tertiary/aromatic N) is 2. The van der Waals surface area contributed by atoms with Crippen molar-refractivity contribution in [1.82, 2.24) is 9.97 Å². The van der Waals surface area contributed by atoms with Gasteiger partial charge in [0.15, 0.2) is 5.82 Å². The van der Waals surface area contributed by atoms with Crippen LogP contribution in [0.3, 0.4) is 0 Å². The molecule has 0 radical (unpaired) electrons. The number of furan rings is 1. The third-order valence-corrected chi connectivity index (χ3v) is 9.40. The third-order valence-electron chi connectivity index (χ3n) is 9.40. The highest BCUT2D eigenvalue weighted by Gasteiger charge is 2.41. The fraction of sp³-hybridized carbons (Fsp3) is 0.0476. The lowest BCUT2D eigenvalue weighted by Gasteiger charge is -2.28. The van der Waals surface area contributed by atoms with Crippen molar-refractivity contribution in [1.29, 1.82) is 0 Å². The summed E-state index contributed by atoms with van der Waals surface area (Å²) in [6, 6.07) is 53.2. The zero-order valence-corrected chi connectivity index (χ0v) is 24.7. The molecule has 8 aromatic rings. The Morgan fingerprint density at radius 3 is 1.96 bits per heavy atom. The maximum Gasteiger partial charge on any atom is 0.160 e. The van der Waals surface area contributed by atoms with Crippen LogP contribution in [0.15, 0.2) is 156 Å². The number of para-hydroxylation sites is 1. The molecule has 6 aromatic carbocycles. The van der Waals surface area contributed by atoms with Gasteiger partial charge < -0.3 is 4.42 Å². The summed E-state index contributed by atoms with van der Waals surface area (Å²) >= 11 is 0. The fourth-order valence-electron chi connectivity index (χ4n) is 7.26. The molecule has 0 fully saturated rings. The molecule has 3 heteroatoms. The second-order valence-corrected chi connectivity index (χ2v) is 11.9. The Bertz CT molecular complexity index is 2390. The molecule has 2 aromatic heterocycles. The molecule has 1 aliphatic carbocycles. The Balaban J connectivity index is 1.34. The van der Waals surface area contributed by atoms with Crippen molar-refractivity contribution in [2.75, 3.05) is 0 Å². The van der Waals surface area contributed by atoms with Crippen molar-refractivity contribution in [3.05, 3.63) is 168 Å². The summed E-state index contributed by atoms with van der Waals surface area (Å²) in [5.74, 6) is 0.697. The molecule has 212 valence electrons. The van der Waals surface area contributed by atoms with Crippen LogP contribution in [0.2, 0.25) is 0 Å². The van der Waals surface area contributed by atoms with Gasteiger partial charge in [-0.15, -0.1) is 0 Å². The second-order valence-electron chi connectivity index (χ2n) is 11.9. The Kier molecular flexibility index (Phi) is 5.63. The van der Waals surface area contributed by atoms with Gasteiger partial charge >= 0.3 is 0 Å². The minimum Gasteiger partial charge on any atom is -0.456 e. The summed E-state index contributed by atoms with van der Waals surface area (Å²) in [6.07, 6.45) is 0. The Hall–Kier alpha value is -5.80. The van der Waals surface area contributed by atoms with Gasteiger partial charge in [0.25, 0.3) is 0 Å². The minimum absolute atomic E-state index is 0.289. The molecule has 2 heterocycles. The second kappa shape index (κ2) is 9.87. The zero-order valence-electron chi connectivity index (χ0n) is 24.7. The highest BCUT2D eigenvalue weighted by molar-refractivity contribution is 6.12. The first-order valence-electron chi connectivity index (χ1n) is 15.3. The van der Waals surface area contributed by atoms with Crippen LogP contribution < -0.4 is 0 Å². The van der Waals surface area contributed by atoms with E-state index in [-0.39, 0.29) is 5.41 Å². The summed E-state index contributed by atoms with van der Waals surface area (Å²) in [5, 5.41) is 2.15. The monoisotopic (exact) mass is 576 g/mol. The molecule has 1 aliphatic rings. The van der Waals surface area contributed by atoms with Gasteiger partial charge in [-0.2, -0.15) is 0 Å². The summed E-state index contributed by atoms with van der Waals surface area (Å²) in [6.45, 7) is 2.35. The van der Waals surface area contributed by atoms with Gasteiger partial charge in [-0.25, -0.2) is 9.97 Å². The van der Waals surface area contributed by atoms with Crippen LogP contribution in [0.5, 0.6) is 0 Å². The van der Waals surface area contributed by atoms with E-state index >= 15 is 0 Å². The lowest BCUT2D eigenvalue weighted by molar-refractivity contribution is 0.669. The van der Waals surface area contributed by atoms with Crippen LogP contribution >= 0.6 is 0 Å². The number of rotatable bonds is 4. The molecule has 0 saturated heterocycles. The van der Waals surface area contributed by atoms with E-state index < -0.39 is 0 Å². The first-order valence-corrected chi connectivity index (χ1v) is 15.3. The minimum atomic E-state index is -0.289. The molecule has 0 N–H and O–H groups in total. The van der Waals surface area contributed by atoms with E-state index in [1.165, 1.54) is 27.8 Å². The fourth-order valence-corrected chi connectivity index (χ4v) is 7.26. The van der Waals surface area contributed by atoms with E-state index in [9.17, 15) is 0 Å². The maximum atomic E-state index is 6.27. The highest BCUT2D eigenvalue weighted by atomic mass is 16.3. The molecule has 45 heavy (non-hydrogen) atoms. The maximum absolute atomic E-state index is 6.27. The SMILES string of the molecule is CC1(c2ccccc2)c2ccccc2-c2c(-c3cc(-c4cccc5oc6ccccc6c45)nc(-c4ccccc4)n3)cccc21. The highest BCUT2D eigenvalue weighted by Crippen LogP contribution is 2.55. The number of benzene rings is 6. The Morgan fingerprint density at radius 2 is 1.11 bits per heavy atom. The molecular weight excluding hydrogens is 548 g/mol. The Labute approximate surface area is 261 Å². The molecule has 1 atom stereocenters. The quantitative estimate of drug-likeness (QED) is 0.209. The number of fused-ring (bicyclic) bond motifs is 6. The summed E-state index contributed by atoms with van der Waals surface area (Å²) in [5.41, 5.74) is 12.7. The smallest absolute Gasteiger partial charge is 0.160 e. The van der Waals surface area contributed by atoms with Crippen molar-refractivity contribution in [2.45, 2.75) is 12.3 Å². The summed E-state index contributed by atoms with van der Waals surface area (Å²) in [4.78, 5) is 10.5. The molecule has 0 saturated carbocycles. The predicted molar refractivity (Wildman–Crippen MR) is 183 cm³/mol. The number of hydrogen-bond acceptors (Lipinski definition) is 3. The average molecular weight is 577 g/mol. The van der Waals surface area contributed by atoms with Gasteiger partial charge in [0.05, 0.1) is 11.4 Å². The van der Waals surface area contributed by atoms with E-state index in [1.54, 1.807) is 0 Å². The largest absolute Gasteiger partial charge is 0.456 e. The van der Waals surface area contributed by atoms with Crippen LogP contribution in [0, 0.1) is 0 Å². The molecule has 0 aliphatic heterocycles. The van der Waals surface area contributed by atoms with Crippen molar-refractivity contribution in [3.8, 4) is 45.0 Å². The van der Waals surface area contributed by atoms with Gasteiger partial charge in [0.1, 0.15) is 11.2 Å². The molecule has 0 spiro atoms. The van der Waals surface area contributed by atoms with Gasteiger partial charge in [0.2, 0.25) is 0 Å². The average Bonchev–Trinajstić information content (AvgIpc) is 3.63. The zero-order chi connectivity index (χ0) is 30.0. The van der Waals surface area contributed by atoms with E-state index in [2.05, 4.69) is 116 Å². The molecule has 3 nitrogen and oxygen atoms in total. The van der Waals surface area contributed by atoms with E-state index in [0.717, 1.165) is 50.0 Å². The van der Waals surface area contributed by atoms with Crippen LogP contribution in [0.4, 0.5) is 0 Å². The number of aromatic nitrogens is 2. The Morgan fingerprint density at radius 1 is 0.511 bits per heavy atom. The lowest BCUT2D eigenvalue weighted by atomic mass is 9.74. The summed E-state index contributed by atoms with van der Waals surface area (Å²) in [7, 11) is 0. The van der Waals surface area contributed by atoms with Crippen LogP contribution in [0.1, 0.15) is 23.6 Å². The number of hydrogen-bond donors (Lipinski definition) is 0. The molecular formula is C42H28N2O. The van der Waals surface area contributed by atoms with Crippen molar-refractivity contribution < 1.29 is 4.42 Å². The topological polar surface area (TPSA) is 38.9 Å². The van der Waals surface area contributed by atoms with Crippen LogP contribution in [-0.4, -0.2) is 9.97 Å². The van der Waals surface area contributed by atoms with E-state index in [4.69, 9.17) is 14.4 Å². The normalized spacial score (nSPS) is 15.3. The molecule has 1 unspecified atom stereocenters. The van der Waals surface area contributed by atoms with E-state index in [1.807, 2.05) is 42.5 Å². The van der Waals surface area contributed by atoms with Gasteiger partial charge in [-0.1, -0.05) is 133 Å². The van der Waals surface area contributed by atoms with Crippen molar-refractivity contribution in [2.24, 2.45) is 0 Å². The third kappa shape index (κ3) is 3.84. The van der Waals surface area contributed by atoms with Crippen LogP contribution in [-0.2, 0) is 5.41 Å². The van der Waals surface area contributed by atoms with Gasteiger partial charge in [0, 0.05) is 32.9 Å². The molecule has 9 rings (SSSR count). The molecule has 0 bridgehead atoms. The lowest BCUT2D eigenvalue weighted by Crippen LogP contribution is -2.22. The first-order chi connectivity index (χ1) is 22.2. The van der Waals surface area contributed by atoms with Gasteiger partial charge in [-0.3, -0.25) is 0 Å².